The second-order valence-corrected chi connectivity index (χ2v) is 4.56. The fourth-order valence-electron chi connectivity index (χ4n) is 2.13. The molecule has 0 radical (unpaired) electrons. The molecule has 1 aromatic rings. The molecule has 1 saturated heterocycles. The van der Waals surface area contributed by atoms with Crippen LogP contribution in [0.5, 0.6) is 0 Å². The predicted octanol–water partition coefficient (Wildman–Crippen LogP) is 0.239. The zero-order valence-corrected chi connectivity index (χ0v) is 10.7. The smallest absolute Gasteiger partial charge is 0.407 e. The van der Waals surface area contributed by atoms with Crippen molar-refractivity contribution in [1.82, 2.24) is 10.4 Å². The molecule has 3 rings (SSSR count). The van der Waals surface area contributed by atoms with Crippen molar-refractivity contribution in [3.63, 3.8) is 0 Å². The molecule has 0 spiro atoms. The number of imide groups is 1. The van der Waals surface area contributed by atoms with Crippen molar-refractivity contribution in [2.24, 2.45) is 0 Å². The van der Waals surface area contributed by atoms with Gasteiger partial charge < -0.3 is 14.9 Å². The molecule has 2 aliphatic heterocycles. The number of carbonyl (C=O) groups is 4. The van der Waals surface area contributed by atoms with Gasteiger partial charge in [0, 0.05) is 0 Å². The summed E-state index contributed by atoms with van der Waals surface area (Å²) in [6.07, 6.45) is -0.812. The largest absolute Gasteiger partial charge is 0.447 e. The molecule has 2 aliphatic rings. The van der Waals surface area contributed by atoms with E-state index < -0.39 is 29.9 Å². The van der Waals surface area contributed by atoms with Gasteiger partial charge in [-0.3, -0.25) is 9.59 Å². The Balaban J connectivity index is 1.66. The van der Waals surface area contributed by atoms with E-state index in [1.807, 2.05) is 0 Å². The molecule has 1 N–H and O–H groups in total. The third kappa shape index (κ3) is 2.31. The van der Waals surface area contributed by atoms with Gasteiger partial charge in [0.15, 0.2) is 0 Å². The lowest BCUT2D eigenvalue weighted by molar-refractivity contribution is -0.169. The van der Waals surface area contributed by atoms with Gasteiger partial charge in [0.2, 0.25) is 0 Å². The van der Waals surface area contributed by atoms with E-state index in [0.717, 1.165) is 0 Å². The van der Waals surface area contributed by atoms with Crippen LogP contribution in [0.25, 0.3) is 0 Å². The van der Waals surface area contributed by atoms with Crippen LogP contribution in [0.3, 0.4) is 0 Å². The molecule has 2 heterocycles. The Bertz CT molecular complexity index is 621. The summed E-state index contributed by atoms with van der Waals surface area (Å²) >= 11 is 0. The Hall–Kier alpha value is -2.90. The highest BCUT2D eigenvalue weighted by Gasteiger charge is 2.39. The fourth-order valence-corrected chi connectivity index (χ4v) is 2.13. The monoisotopic (exact) mass is 290 g/mol. The molecule has 8 heteroatoms. The number of hydrogen-bond donors (Lipinski definition) is 1. The van der Waals surface area contributed by atoms with Crippen molar-refractivity contribution in [2.75, 3.05) is 6.61 Å². The summed E-state index contributed by atoms with van der Waals surface area (Å²) in [6.45, 7) is 0.0377. The van der Waals surface area contributed by atoms with E-state index in [1.165, 1.54) is 12.1 Å². The zero-order valence-electron chi connectivity index (χ0n) is 10.7. The van der Waals surface area contributed by atoms with Gasteiger partial charge in [-0.05, 0) is 12.1 Å². The van der Waals surface area contributed by atoms with Crippen molar-refractivity contribution in [3.05, 3.63) is 35.4 Å². The molecule has 1 atom stereocenters. The Morgan fingerprint density at radius 3 is 2.38 bits per heavy atom. The van der Waals surface area contributed by atoms with Gasteiger partial charge in [-0.1, -0.05) is 17.2 Å². The minimum absolute atomic E-state index is 0.0377. The van der Waals surface area contributed by atoms with Gasteiger partial charge in [0.05, 0.1) is 23.6 Å². The standard InChI is InChI=1S/C13H10N2O6/c16-10(5-7-6-20-13(19)14-7)21-15-11(17)8-3-1-2-4-9(8)12(15)18/h1-4,7H,5-6H2,(H,14,19)/t7-/m0/s1. The average Bonchev–Trinajstić information content (AvgIpc) is 2.97. The van der Waals surface area contributed by atoms with E-state index in [-0.39, 0.29) is 24.2 Å². The molecule has 0 bridgehead atoms. The minimum atomic E-state index is -0.805. The molecule has 3 amide bonds. The molecule has 8 nitrogen and oxygen atoms in total. The second-order valence-electron chi connectivity index (χ2n) is 4.56. The molecular weight excluding hydrogens is 280 g/mol. The maximum atomic E-state index is 12.0. The number of rotatable bonds is 3. The van der Waals surface area contributed by atoms with E-state index in [9.17, 15) is 19.2 Å². The van der Waals surface area contributed by atoms with Crippen LogP contribution in [0.4, 0.5) is 4.79 Å². The van der Waals surface area contributed by atoms with Gasteiger partial charge in [-0.2, -0.15) is 0 Å². The summed E-state index contributed by atoms with van der Waals surface area (Å²) in [7, 11) is 0. The quantitative estimate of drug-likeness (QED) is 0.800. The third-order valence-corrected chi connectivity index (χ3v) is 3.10. The first-order chi connectivity index (χ1) is 10.1. The van der Waals surface area contributed by atoms with Gasteiger partial charge in [-0.15, -0.1) is 0 Å². The topological polar surface area (TPSA) is 102 Å². The Kier molecular flexibility index (Phi) is 3.05. The number of ether oxygens (including phenoxy) is 1. The van der Waals surface area contributed by atoms with E-state index in [0.29, 0.717) is 5.06 Å². The normalized spacial score (nSPS) is 20.1. The molecule has 0 unspecified atom stereocenters. The molecule has 0 saturated carbocycles. The lowest BCUT2D eigenvalue weighted by atomic mass is 10.1. The summed E-state index contributed by atoms with van der Waals surface area (Å²) in [6, 6.07) is 5.66. The van der Waals surface area contributed by atoms with Gasteiger partial charge in [-0.25, -0.2) is 9.59 Å². The molecular formula is C13H10N2O6. The van der Waals surface area contributed by atoms with E-state index in [2.05, 4.69) is 10.1 Å². The predicted molar refractivity (Wildman–Crippen MR) is 65.9 cm³/mol. The van der Waals surface area contributed by atoms with E-state index in [1.54, 1.807) is 12.1 Å². The Labute approximate surface area is 118 Å². The first-order valence-corrected chi connectivity index (χ1v) is 6.18. The van der Waals surface area contributed by atoms with Crippen molar-refractivity contribution < 1.29 is 28.8 Å². The van der Waals surface area contributed by atoms with Crippen molar-refractivity contribution in [2.45, 2.75) is 12.5 Å². The van der Waals surface area contributed by atoms with Crippen LogP contribution in [0, 0.1) is 0 Å². The summed E-state index contributed by atoms with van der Waals surface area (Å²) < 4.78 is 4.62. The lowest BCUT2D eigenvalue weighted by Crippen LogP contribution is -2.36. The van der Waals surface area contributed by atoms with Crippen molar-refractivity contribution in [3.8, 4) is 0 Å². The summed E-state index contributed by atoms with van der Waals surface area (Å²) in [4.78, 5) is 51.3. The average molecular weight is 290 g/mol. The van der Waals surface area contributed by atoms with Gasteiger partial charge >= 0.3 is 12.1 Å². The van der Waals surface area contributed by atoms with Crippen LogP contribution in [-0.4, -0.2) is 41.6 Å². The van der Waals surface area contributed by atoms with Crippen LogP contribution in [0.1, 0.15) is 27.1 Å². The number of carbonyl (C=O) groups excluding carboxylic acids is 4. The number of cyclic esters (lactones) is 1. The number of fused-ring (bicyclic) bond motifs is 1. The molecule has 108 valence electrons. The maximum Gasteiger partial charge on any atom is 0.407 e. The first-order valence-electron chi connectivity index (χ1n) is 6.18. The number of hydrogen-bond acceptors (Lipinski definition) is 6. The van der Waals surface area contributed by atoms with Crippen LogP contribution < -0.4 is 5.32 Å². The van der Waals surface area contributed by atoms with Gasteiger partial charge in [0.25, 0.3) is 11.8 Å². The van der Waals surface area contributed by atoms with Crippen LogP contribution >= 0.6 is 0 Å². The van der Waals surface area contributed by atoms with Crippen molar-refractivity contribution in [1.29, 1.82) is 0 Å². The highest BCUT2D eigenvalue weighted by Crippen LogP contribution is 2.23. The van der Waals surface area contributed by atoms with Crippen LogP contribution in [-0.2, 0) is 14.4 Å². The van der Waals surface area contributed by atoms with Crippen LogP contribution in [0.2, 0.25) is 0 Å². The minimum Gasteiger partial charge on any atom is -0.447 e. The third-order valence-electron chi connectivity index (χ3n) is 3.10. The molecule has 1 fully saturated rings. The maximum absolute atomic E-state index is 12.0. The number of nitrogens with one attached hydrogen (secondary N) is 1. The van der Waals surface area contributed by atoms with Gasteiger partial charge in [0.1, 0.15) is 6.61 Å². The first kappa shape index (κ1) is 13.1. The highest BCUT2D eigenvalue weighted by atomic mass is 16.7. The number of hydroxylamine groups is 2. The zero-order chi connectivity index (χ0) is 15.0. The van der Waals surface area contributed by atoms with Crippen molar-refractivity contribution >= 4 is 23.9 Å². The number of nitrogens with zero attached hydrogens (tertiary/aromatic N) is 1. The second kappa shape index (κ2) is 4.89. The molecule has 0 aromatic heterocycles. The summed E-state index contributed by atoms with van der Waals surface area (Å²) in [5.74, 6) is -2.17. The highest BCUT2D eigenvalue weighted by molar-refractivity contribution is 6.20. The lowest BCUT2D eigenvalue weighted by Gasteiger charge is -2.13. The van der Waals surface area contributed by atoms with Crippen LogP contribution in [0.15, 0.2) is 24.3 Å². The summed E-state index contributed by atoms with van der Waals surface area (Å²) in [5.41, 5.74) is 0.376. The Morgan fingerprint density at radius 2 is 1.86 bits per heavy atom. The molecule has 21 heavy (non-hydrogen) atoms. The van der Waals surface area contributed by atoms with E-state index in [4.69, 9.17) is 4.84 Å². The number of benzene rings is 1. The van der Waals surface area contributed by atoms with E-state index >= 15 is 0 Å². The molecule has 0 aliphatic carbocycles. The molecule has 1 aromatic carbocycles. The Morgan fingerprint density at radius 1 is 1.24 bits per heavy atom. The number of amides is 3. The summed E-state index contributed by atoms with van der Waals surface area (Å²) in [5, 5.41) is 2.83. The SMILES string of the molecule is O=C(C[C@H]1COC(=O)N1)ON1C(=O)c2ccccc2C1=O. The number of alkyl carbamates (subject to hydrolysis) is 1. The fraction of sp³-hybridized carbons (Fsp3) is 0.231.